The number of hydrogen-bond donors (Lipinski definition) is 0. The number of hydrogen-bond acceptors (Lipinski definition) is 2. The minimum Gasteiger partial charge on any atom is -0.258 e. The van der Waals surface area contributed by atoms with Gasteiger partial charge in [-0.05, 0) is 36.5 Å². The van der Waals surface area contributed by atoms with Gasteiger partial charge in [0.15, 0.2) is 0 Å². The van der Waals surface area contributed by atoms with E-state index in [9.17, 15) is 0 Å². The summed E-state index contributed by atoms with van der Waals surface area (Å²) >= 11 is 6.17. The number of fused-ring (bicyclic) bond motifs is 1. The van der Waals surface area contributed by atoms with E-state index < -0.39 is 16.1 Å². The zero-order chi connectivity index (χ0) is 16.9. The van der Waals surface area contributed by atoms with Crippen LogP contribution < -0.4 is 0 Å². The fourth-order valence-corrected chi connectivity index (χ4v) is 16.7. The Morgan fingerprint density at radius 1 is 0.864 bits per heavy atom. The maximum absolute atomic E-state index is 6.17. The lowest BCUT2D eigenvalue weighted by molar-refractivity contribution is 1.04. The average molecular weight is 351 g/mol. The maximum atomic E-state index is 6.17. The van der Waals surface area contributed by atoms with E-state index in [1.165, 1.54) is 11.1 Å². The smallest absolute Gasteiger partial charge is 0.129 e. The van der Waals surface area contributed by atoms with Gasteiger partial charge in [0.2, 0.25) is 0 Å². The molecule has 0 aromatic carbocycles. The summed E-state index contributed by atoms with van der Waals surface area (Å²) in [6.45, 7) is 18.9. The monoisotopic (exact) mass is 350 g/mol. The van der Waals surface area contributed by atoms with Gasteiger partial charge < -0.3 is 0 Å². The Kier molecular flexibility index (Phi) is 4.59. The van der Waals surface area contributed by atoms with E-state index in [4.69, 9.17) is 16.6 Å². The minimum absolute atomic E-state index is 0.569. The molecule has 0 aliphatic carbocycles. The number of rotatable bonds is 3. The van der Waals surface area contributed by atoms with Gasteiger partial charge in [-0.15, -0.1) is 0 Å². The summed E-state index contributed by atoms with van der Waals surface area (Å²) in [5, 5.41) is 3.54. The molecule has 0 atom stereocenters. The van der Waals surface area contributed by atoms with Crippen LogP contribution in [0.2, 0.25) is 44.4 Å². The third-order valence-electron chi connectivity index (χ3n) is 4.19. The van der Waals surface area contributed by atoms with E-state index in [-0.39, 0.29) is 0 Å². The van der Waals surface area contributed by atoms with Crippen molar-refractivity contribution in [1.82, 2.24) is 9.97 Å². The molecule has 0 saturated heterocycles. The van der Waals surface area contributed by atoms with E-state index in [0.29, 0.717) is 10.3 Å². The Balaban J connectivity index is 2.76. The first-order valence-electron chi connectivity index (χ1n) is 7.85. The highest BCUT2D eigenvalue weighted by Gasteiger charge is 2.39. The summed E-state index contributed by atoms with van der Waals surface area (Å²) < 4.78 is 0. The van der Waals surface area contributed by atoms with Crippen molar-refractivity contribution >= 4 is 38.5 Å². The molecule has 0 spiro atoms. The van der Waals surface area contributed by atoms with Gasteiger partial charge in [0, 0.05) is 22.5 Å². The second-order valence-corrected chi connectivity index (χ2v) is 20.0. The van der Waals surface area contributed by atoms with Crippen molar-refractivity contribution in [3.05, 3.63) is 34.4 Å². The Hall–Kier alpha value is -0.716. The summed E-state index contributed by atoms with van der Waals surface area (Å²) in [5.74, 6) is 0. The highest BCUT2D eigenvalue weighted by Crippen LogP contribution is 2.36. The first-order chi connectivity index (χ1) is 9.91. The molecule has 0 saturated carbocycles. The number of aryl methyl sites for hydroxylation is 2. The Morgan fingerprint density at radius 3 is 1.86 bits per heavy atom. The van der Waals surface area contributed by atoms with Crippen LogP contribution in [0.15, 0.2) is 12.1 Å². The van der Waals surface area contributed by atoms with Crippen LogP contribution >= 0.6 is 11.6 Å². The first kappa shape index (κ1) is 17.6. The highest BCUT2D eigenvalue weighted by molar-refractivity contribution is 6.96. The molecule has 120 valence electrons. The SMILES string of the molecule is Cc1nc(Cl)cc2cc(C([Si](C)(C)C)[Si](C)(C)C)nc(C)c12. The molecule has 0 unspecified atom stereocenters. The predicted molar refractivity (Wildman–Crippen MR) is 103 cm³/mol. The quantitative estimate of drug-likeness (QED) is 0.521. The summed E-state index contributed by atoms with van der Waals surface area (Å²) in [7, 11) is -2.70. The molecule has 0 aliphatic rings. The molecule has 0 bridgehead atoms. The Labute approximate surface area is 141 Å². The standard InChI is InChI=1S/C17H27ClN2Si2/c1-11-16-12(2)20-15(18)10-13(16)9-14(19-11)17(21(3,4)5)22(6,7)8/h9-10,17H,1-8H3. The van der Waals surface area contributed by atoms with Gasteiger partial charge in [-0.1, -0.05) is 50.9 Å². The maximum Gasteiger partial charge on any atom is 0.129 e. The Bertz CT molecular complexity index is 701. The van der Waals surface area contributed by atoms with E-state index in [1.807, 2.05) is 13.0 Å². The van der Waals surface area contributed by atoms with Gasteiger partial charge in [0.1, 0.15) is 5.15 Å². The van der Waals surface area contributed by atoms with Crippen LogP contribution in [0.25, 0.3) is 10.8 Å². The van der Waals surface area contributed by atoms with E-state index in [0.717, 1.165) is 16.8 Å². The molecule has 0 amide bonds. The molecule has 2 heterocycles. The second-order valence-electron chi connectivity index (χ2n) is 8.43. The van der Waals surface area contributed by atoms with Crippen molar-refractivity contribution < 1.29 is 0 Å². The van der Waals surface area contributed by atoms with Crippen molar-refractivity contribution in [2.24, 2.45) is 0 Å². The molecular weight excluding hydrogens is 324 g/mol. The van der Waals surface area contributed by atoms with Gasteiger partial charge in [0.05, 0.1) is 16.1 Å². The van der Waals surface area contributed by atoms with Crippen LogP contribution in [0.3, 0.4) is 0 Å². The van der Waals surface area contributed by atoms with E-state index in [2.05, 4.69) is 57.3 Å². The largest absolute Gasteiger partial charge is 0.258 e. The molecule has 0 aliphatic heterocycles. The third-order valence-corrected chi connectivity index (χ3v) is 13.6. The number of halogens is 1. The molecule has 2 aromatic rings. The molecular formula is C17H27ClN2Si2. The van der Waals surface area contributed by atoms with Gasteiger partial charge in [-0.25, -0.2) is 4.98 Å². The van der Waals surface area contributed by atoms with Crippen LogP contribution in [0.5, 0.6) is 0 Å². The first-order valence-corrected chi connectivity index (χ1v) is 15.4. The van der Waals surface area contributed by atoms with Gasteiger partial charge in [-0.3, -0.25) is 4.98 Å². The highest BCUT2D eigenvalue weighted by atomic mass is 35.5. The van der Waals surface area contributed by atoms with Crippen molar-refractivity contribution in [3.63, 3.8) is 0 Å². The van der Waals surface area contributed by atoms with E-state index in [1.54, 1.807) is 0 Å². The van der Waals surface area contributed by atoms with Crippen LogP contribution in [0.4, 0.5) is 0 Å². The summed E-state index contributed by atoms with van der Waals surface area (Å²) in [6, 6.07) is 4.25. The lowest BCUT2D eigenvalue weighted by Crippen LogP contribution is -2.47. The summed E-state index contributed by atoms with van der Waals surface area (Å²) in [6.07, 6.45) is 0. The summed E-state index contributed by atoms with van der Waals surface area (Å²) in [4.78, 5) is 9.39. The topological polar surface area (TPSA) is 25.8 Å². The van der Waals surface area contributed by atoms with Gasteiger partial charge in [0.25, 0.3) is 0 Å². The van der Waals surface area contributed by atoms with Crippen molar-refractivity contribution in [1.29, 1.82) is 0 Å². The van der Waals surface area contributed by atoms with Crippen LogP contribution in [-0.4, -0.2) is 26.1 Å². The molecule has 2 rings (SSSR count). The molecule has 2 aromatic heterocycles. The number of nitrogens with zero attached hydrogens (tertiary/aromatic N) is 2. The number of aromatic nitrogens is 2. The normalized spacial score (nSPS) is 13.2. The predicted octanol–water partition coefficient (Wildman–Crippen LogP) is 5.74. The Morgan fingerprint density at radius 2 is 1.36 bits per heavy atom. The van der Waals surface area contributed by atoms with Crippen LogP contribution in [-0.2, 0) is 0 Å². The molecule has 0 N–H and O–H groups in total. The molecule has 22 heavy (non-hydrogen) atoms. The second kappa shape index (κ2) is 5.73. The molecule has 0 radical (unpaired) electrons. The minimum atomic E-state index is -1.35. The zero-order valence-corrected chi connectivity index (χ0v) is 17.8. The lowest BCUT2D eigenvalue weighted by atomic mass is 10.1. The van der Waals surface area contributed by atoms with Gasteiger partial charge >= 0.3 is 0 Å². The fourth-order valence-electron chi connectivity index (χ4n) is 4.02. The third kappa shape index (κ3) is 3.44. The van der Waals surface area contributed by atoms with Crippen molar-refractivity contribution in [2.45, 2.75) is 58.3 Å². The van der Waals surface area contributed by atoms with Crippen molar-refractivity contribution in [2.75, 3.05) is 0 Å². The van der Waals surface area contributed by atoms with E-state index >= 15 is 0 Å². The molecule has 2 nitrogen and oxygen atoms in total. The fraction of sp³-hybridized carbons (Fsp3) is 0.529. The van der Waals surface area contributed by atoms with Crippen LogP contribution in [0, 0.1) is 13.8 Å². The van der Waals surface area contributed by atoms with Crippen molar-refractivity contribution in [3.8, 4) is 0 Å². The zero-order valence-electron chi connectivity index (χ0n) is 15.0. The molecule has 0 fully saturated rings. The average Bonchev–Trinajstić information content (AvgIpc) is 2.21. The lowest BCUT2D eigenvalue weighted by Gasteiger charge is -2.38. The summed E-state index contributed by atoms with van der Waals surface area (Å²) in [5.41, 5.74) is 3.32. The number of pyridine rings is 2. The molecule has 5 heteroatoms. The van der Waals surface area contributed by atoms with Crippen LogP contribution in [0.1, 0.15) is 22.2 Å². The van der Waals surface area contributed by atoms with Gasteiger partial charge in [-0.2, -0.15) is 0 Å².